The molecular weight excluding hydrogens is 366 g/mol. The normalized spacial score (nSPS) is 14.5. The lowest BCUT2D eigenvalue weighted by atomic mass is 10.1. The van der Waals surface area contributed by atoms with E-state index in [1.165, 1.54) is 5.69 Å². The van der Waals surface area contributed by atoms with E-state index in [0.717, 1.165) is 47.2 Å². The molecule has 1 aliphatic heterocycles. The van der Waals surface area contributed by atoms with Gasteiger partial charge >= 0.3 is 0 Å². The highest BCUT2D eigenvalue weighted by Crippen LogP contribution is 2.28. The van der Waals surface area contributed by atoms with Crippen molar-refractivity contribution in [1.29, 1.82) is 0 Å². The Morgan fingerprint density at radius 3 is 2.31 bits per heavy atom. The molecule has 0 bridgehead atoms. The van der Waals surface area contributed by atoms with Crippen LogP contribution in [0.4, 0.5) is 5.69 Å². The second-order valence-corrected chi connectivity index (χ2v) is 7.61. The van der Waals surface area contributed by atoms with Gasteiger partial charge in [0.05, 0.1) is 34.9 Å². The van der Waals surface area contributed by atoms with Crippen molar-refractivity contribution in [1.82, 2.24) is 19.8 Å². The Hall–Kier alpha value is -3.09. The van der Waals surface area contributed by atoms with Gasteiger partial charge in [-0.15, -0.1) is 0 Å². The number of carbonyl (C=O) groups excluding carboxylic acids is 1. The molecule has 152 valence electrons. The highest BCUT2D eigenvalue weighted by atomic mass is 16.5. The third-order valence-corrected chi connectivity index (χ3v) is 5.71. The Morgan fingerprint density at radius 1 is 1.00 bits per heavy atom. The number of hydrogen-bond acceptors (Lipinski definition) is 5. The van der Waals surface area contributed by atoms with Crippen molar-refractivity contribution < 1.29 is 9.32 Å². The summed E-state index contributed by atoms with van der Waals surface area (Å²) in [5.74, 6) is 0.863. The smallest absolute Gasteiger partial charge is 0.227 e. The van der Waals surface area contributed by atoms with Crippen LogP contribution in [-0.2, 0) is 11.2 Å². The summed E-state index contributed by atoms with van der Waals surface area (Å²) < 4.78 is 7.18. The predicted octanol–water partition coefficient (Wildman–Crippen LogP) is 2.99. The standard InChI is InChI=1S/C22H27N5O2/c1-15-20(18(4)29-24-15)14-21(28)25-10-12-26(13-11-25)22-16(2)23-27(17(22)3)19-8-6-5-7-9-19/h5-9H,10-14H2,1-4H3. The van der Waals surface area contributed by atoms with Crippen LogP contribution in [0, 0.1) is 27.7 Å². The van der Waals surface area contributed by atoms with E-state index in [2.05, 4.69) is 36.0 Å². The maximum Gasteiger partial charge on any atom is 0.227 e. The van der Waals surface area contributed by atoms with Gasteiger partial charge in [-0.2, -0.15) is 5.10 Å². The van der Waals surface area contributed by atoms with Gasteiger partial charge in [-0.3, -0.25) is 4.79 Å². The third kappa shape index (κ3) is 3.64. The van der Waals surface area contributed by atoms with Crippen molar-refractivity contribution in [3.05, 3.63) is 58.7 Å². The summed E-state index contributed by atoms with van der Waals surface area (Å²) in [6.07, 6.45) is 0.352. The van der Waals surface area contributed by atoms with Gasteiger partial charge in [-0.1, -0.05) is 23.4 Å². The molecule has 1 aromatic carbocycles. The first kappa shape index (κ1) is 19.2. The summed E-state index contributed by atoms with van der Waals surface area (Å²) in [6.45, 7) is 10.9. The van der Waals surface area contributed by atoms with Gasteiger partial charge in [-0.25, -0.2) is 4.68 Å². The molecule has 1 aliphatic rings. The summed E-state index contributed by atoms with van der Waals surface area (Å²) in [4.78, 5) is 17.0. The molecule has 4 rings (SSSR count). The quantitative estimate of drug-likeness (QED) is 0.682. The zero-order chi connectivity index (χ0) is 20.5. The third-order valence-electron chi connectivity index (χ3n) is 5.71. The number of aryl methyl sites for hydroxylation is 3. The van der Waals surface area contributed by atoms with E-state index >= 15 is 0 Å². The Kier molecular flexibility index (Phi) is 5.13. The first-order chi connectivity index (χ1) is 14.0. The number of anilines is 1. The molecule has 0 unspecified atom stereocenters. The van der Waals surface area contributed by atoms with Crippen molar-refractivity contribution in [3.8, 4) is 5.69 Å². The van der Waals surface area contributed by atoms with Crippen molar-refractivity contribution in [3.63, 3.8) is 0 Å². The van der Waals surface area contributed by atoms with Gasteiger partial charge in [0.15, 0.2) is 0 Å². The lowest BCUT2D eigenvalue weighted by molar-refractivity contribution is -0.130. The summed E-state index contributed by atoms with van der Waals surface area (Å²) in [5, 5.41) is 8.71. The Morgan fingerprint density at radius 2 is 1.69 bits per heavy atom. The minimum absolute atomic E-state index is 0.132. The average molecular weight is 393 g/mol. The zero-order valence-corrected chi connectivity index (χ0v) is 17.5. The van der Waals surface area contributed by atoms with E-state index < -0.39 is 0 Å². The molecule has 0 spiro atoms. The highest BCUT2D eigenvalue weighted by molar-refractivity contribution is 5.79. The van der Waals surface area contributed by atoms with Gasteiger partial charge in [0.25, 0.3) is 0 Å². The molecule has 2 aromatic heterocycles. The number of amides is 1. The minimum Gasteiger partial charge on any atom is -0.365 e. The van der Waals surface area contributed by atoms with Crippen molar-refractivity contribution in [2.24, 2.45) is 0 Å². The molecule has 0 aliphatic carbocycles. The van der Waals surface area contributed by atoms with Crippen LogP contribution >= 0.6 is 0 Å². The fourth-order valence-corrected chi connectivity index (χ4v) is 4.11. The molecule has 1 fully saturated rings. The number of aromatic nitrogens is 3. The van der Waals surface area contributed by atoms with Gasteiger partial charge < -0.3 is 14.3 Å². The van der Waals surface area contributed by atoms with Gasteiger partial charge in [0, 0.05) is 31.7 Å². The fourth-order valence-electron chi connectivity index (χ4n) is 4.11. The van der Waals surface area contributed by atoms with Crippen LogP contribution in [0.25, 0.3) is 5.69 Å². The number of piperazine rings is 1. The molecule has 0 N–H and O–H groups in total. The molecule has 3 heterocycles. The maximum absolute atomic E-state index is 12.8. The second kappa shape index (κ2) is 7.73. The number of nitrogens with zero attached hydrogens (tertiary/aromatic N) is 5. The fraction of sp³-hybridized carbons (Fsp3) is 0.409. The summed E-state index contributed by atoms with van der Waals surface area (Å²) >= 11 is 0. The molecule has 7 nitrogen and oxygen atoms in total. The largest absolute Gasteiger partial charge is 0.365 e. The maximum atomic E-state index is 12.8. The predicted molar refractivity (Wildman–Crippen MR) is 112 cm³/mol. The molecule has 7 heteroatoms. The lowest BCUT2D eigenvalue weighted by Gasteiger charge is -2.36. The van der Waals surface area contributed by atoms with Crippen molar-refractivity contribution in [2.75, 3.05) is 31.1 Å². The van der Waals surface area contributed by atoms with Crippen LogP contribution in [0.3, 0.4) is 0 Å². The minimum atomic E-state index is 0.132. The SMILES string of the molecule is Cc1noc(C)c1CC(=O)N1CCN(c2c(C)nn(-c3ccccc3)c2C)CC1. The van der Waals surface area contributed by atoms with Crippen LogP contribution < -0.4 is 4.90 Å². The number of rotatable bonds is 4. The van der Waals surface area contributed by atoms with Crippen LogP contribution in [0.1, 0.15) is 28.4 Å². The van der Waals surface area contributed by atoms with Crippen LogP contribution in [0.15, 0.2) is 34.9 Å². The Bertz CT molecular complexity index is 994. The van der Waals surface area contributed by atoms with Crippen molar-refractivity contribution in [2.45, 2.75) is 34.1 Å². The zero-order valence-electron chi connectivity index (χ0n) is 17.5. The molecular formula is C22H27N5O2. The molecule has 29 heavy (non-hydrogen) atoms. The van der Waals surface area contributed by atoms with E-state index in [1.807, 2.05) is 41.6 Å². The second-order valence-electron chi connectivity index (χ2n) is 7.61. The topological polar surface area (TPSA) is 67.4 Å². The molecule has 1 amide bonds. The Labute approximate surface area is 170 Å². The summed E-state index contributed by atoms with van der Waals surface area (Å²) in [5.41, 5.74) is 6.09. The van der Waals surface area contributed by atoms with Gasteiger partial charge in [-0.05, 0) is 39.8 Å². The van der Waals surface area contributed by atoms with Crippen molar-refractivity contribution >= 4 is 11.6 Å². The Balaban J connectivity index is 1.45. The van der Waals surface area contributed by atoms with E-state index in [4.69, 9.17) is 9.62 Å². The molecule has 0 radical (unpaired) electrons. The van der Waals surface area contributed by atoms with E-state index in [0.29, 0.717) is 19.5 Å². The van der Waals surface area contributed by atoms with Crippen LogP contribution in [-0.4, -0.2) is 51.9 Å². The lowest BCUT2D eigenvalue weighted by Crippen LogP contribution is -2.49. The highest BCUT2D eigenvalue weighted by Gasteiger charge is 2.26. The first-order valence-electron chi connectivity index (χ1n) is 10.0. The van der Waals surface area contributed by atoms with Gasteiger partial charge in [0.2, 0.25) is 5.91 Å². The van der Waals surface area contributed by atoms with Gasteiger partial charge in [0.1, 0.15) is 5.76 Å². The number of hydrogen-bond donors (Lipinski definition) is 0. The molecule has 1 saturated heterocycles. The number of para-hydroxylation sites is 1. The van der Waals surface area contributed by atoms with E-state index in [9.17, 15) is 4.79 Å². The van der Waals surface area contributed by atoms with E-state index in [-0.39, 0.29) is 5.91 Å². The average Bonchev–Trinajstić information content (AvgIpc) is 3.21. The van der Waals surface area contributed by atoms with Crippen LogP contribution in [0.2, 0.25) is 0 Å². The molecule has 0 atom stereocenters. The summed E-state index contributed by atoms with van der Waals surface area (Å²) in [6, 6.07) is 10.2. The number of carbonyl (C=O) groups is 1. The van der Waals surface area contributed by atoms with E-state index in [1.54, 1.807) is 0 Å². The molecule has 3 aromatic rings. The number of benzene rings is 1. The molecule has 0 saturated carbocycles. The summed E-state index contributed by atoms with van der Waals surface area (Å²) in [7, 11) is 0. The van der Waals surface area contributed by atoms with Crippen LogP contribution in [0.5, 0.6) is 0 Å². The monoisotopic (exact) mass is 393 g/mol. The first-order valence-corrected chi connectivity index (χ1v) is 10.0.